The Bertz CT molecular complexity index is 1010. The normalized spacial score (nSPS) is 15.1. The molecule has 0 atom stereocenters. The molecule has 1 aliphatic rings. The number of morpholine rings is 1. The summed E-state index contributed by atoms with van der Waals surface area (Å²) in [5.74, 6) is -0.472. The van der Waals surface area contributed by atoms with Crippen LogP contribution in [0.25, 0.3) is 0 Å². The summed E-state index contributed by atoms with van der Waals surface area (Å²) in [7, 11) is -3.66. The lowest BCUT2D eigenvalue weighted by Gasteiger charge is -2.26. The van der Waals surface area contributed by atoms with Gasteiger partial charge < -0.3 is 15.4 Å². The molecule has 10 heteroatoms. The van der Waals surface area contributed by atoms with Crippen LogP contribution in [-0.2, 0) is 26.1 Å². The number of nitrogens with one attached hydrogen (secondary N) is 2. The third-order valence-electron chi connectivity index (χ3n) is 4.43. The van der Waals surface area contributed by atoms with Gasteiger partial charge in [0, 0.05) is 30.6 Å². The van der Waals surface area contributed by atoms with E-state index in [1.165, 1.54) is 28.6 Å². The molecule has 0 saturated carbocycles. The number of ether oxygens (including phenoxy) is 1. The third kappa shape index (κ3) is 5.21. The van der Waals surface area contributed by atoms with E-state index in [1.54, 1.807) is 31.2 Å². The van der Waals surface area contributed by atoms with E-state index in [-0.39, 0.29) is 16.7 Å². The molecule has 8 nitrogen and oxygen atoms in total. The van der Waals surface area contributed by atoms with Gasteiger partial charge in [-0.25, -0.2) is 8.42 Å². The van der Waals surface area contributed by atoms with Gasteiger partial charge in [-0.05, 0) is 36.8 Å². The number of anilines is 1. The molecular formula is C19H23N3O5S2. The van der Waals surface area contributed by atoms with Gasteiger partial charge in [0.15, 0.2) is 0 Å². The summed E-state index contributed by atoms with van der Waals surface area (Å²) in [4.78, 5) is 25.1. The Morgan fingerprint density at radius 1 is 1.17 bits per heavy atom. The standard InChI is InChI=1S/C19H23N3O5S2/c1-13-3-4-15(11-18(13)29(25,26)22-7-9-27-10-8-22)21-19(24)17-6-5-16(28-17)12-20-14(2)23/h3-6,11H,7-10,12H2,1-2H3,(H,20,23)(H,21,24). The molecule has 3 rings (SSSR count). The highest BCUT2D eigenvalue weighted by Gasteiger charge is 2.28. The maximum Gasteiger partial charge on any atom is 0.265 e. The molecule has 1 fully saturated rings. The van der Waals surface area contributed by atoms with E-state index < -0.39 is 10.0 Å². The molecule has 0 unspecified atom stereocenters. The van der Waals surface area contributed by atoms with E-state index in [9.17, 15) is 18.0 Å². The van der Waals surface area contributed by atoms with Gasteiger partial charge in [-0.3, -0.25) is 9.59 Å². The second kappa shape index (κ2) is 9.04. The molecule has 2 N–H and O–H groups in total. The Hall–Kier alpha value is -2.27. The van der Waals surface area contributed by atoms with Crippen molar-refractivity contribution in [3.8, 4) is 0 Å². The number of benzene rings is 1. The first-order valence-corrected chi connectivity index (χ1v) is 11.4. The van der Waals surface area contributed by atoms with Gasteiger partial charge in [-0.2, -0.15) is 4.31 Å². The molecule has 0 radical (unpaired) electrons. The van der Waals surface area contributed by atoms with Crippen LogP contribution < -0.4 is 10.6 Å². The summed E-state index contributed by atoms with van der Waals surface area (Å²) in [6.07, 6.45) is 0. The maximum atomic E-state index is 13.0. The highest BCUT2D eigenvalue weighted by atomic mass is 32.2. The minimum atomic E-state index is -3.66. The Labute approximate surface area is 173 Å². The fourth-order valence-electron chi connectivity index (χ4n) is 2.88. The molecule has 2 aromatic rings. The van der Waals surface area contributed by atoms with Gasteiger partial charge in [0.2, 0.25) is 15.9 Å². The Morgan fingerprint density at radius 2 is 1.90 bits per heavy atom. The van der Waals surface area contributed by atoms with Gasteiger partial charge in [-0.15, -0.1) is 11.3 Å². The van der Waals surface area contributed by atoms with Gasteiger partial charge in [-0.1, -0.05) is 6.07 Å². The average Bonchev–Trinajstić information content (AvgIpc) is 3.17. The zero-order chi connectivity index (χ0) is 21.0. The van der Waals surface area contributed by atoms with Crippen LogP contribution in [0, 0.1) is 6.92 Å². The summed E-state index contributed by atoms with van der Waals surface area (Å²) in [5.41, 5.74) is 1.02. The van der Waals surface area contributed by atoms with Gasteiger partial charge in [0.05, 0.1) is 29.5 Å². The molecule has 29 heavy (non-hydrogen) atoms. The van der Waals surface area contributed by atoms with E-state index in [2.05, 4.69) is 10.6 Å². The minimum Gasteiger partial charge on any atom is -0.379 e. The number of carbonyl (C=O) groups is 2. The molecule has 2 amide bonds. The van der Waals surface area contributed by atoms with Crippen molar-refractivity contribution in [3.63, 3.8) is 0 Å². The van der Waals surface area contributed by atoms with Crippen molar-refractivity contribution in [2.24, 2.45) is 0 Å². The maximum absolute atomic E-state index is 13.0. The first-order valence-electron chi connectivity index (χ1n) is 9.10. The van der Waals surface area contributed by atoms with Gasteiger partial charge in [0.1, 0.15) is 0 Å². The van der Waals surface area contributed by atoms with E-state index in [0.29, 0.717) is 49.0 Å². The number of amides is 2. The lowest BCUT2D eigenvalue weighted by Crippen LogP contribution is -2.40. The molecule has 0 spiro atoms. The fraction of sp³-hybridized carbons (Fsp3) is 0.368. The largest absolute Gasteiger partial charge is 0.379 e. The number of hydrogen-bond donors (Lipinski definition) is 2. The molecule has 156 valence electrons. The van der Waals surface area contributed by atoms with E-state index in [1.807, 2.05) is 0 Å². The minimum absolute atomic E-state index is 0.141. The highest BCUT2D eigenvalue weighted by Crippen LogP contribution is 2.25. The summed E-state index contributed by atoms with van der Waals surface area (Å²) in [6, 6.07) is 8.30. The topological polar surface area (TPSA) is 105 Å². The van der Waals surface area contributed by atoms with Crippen molar-refractivity contribution in [1.82, 2.24) is 9.62 Å². The predicted octanol–water partition coefficient (Wildman–Crippen LogP) is 1.97. The average molecular weight is 438 g/mol. The van der Waals surface area contributed by atoms with Crippen LogP contribution in [-0.4, -0.2) is 50.8 Å². The number of sulfonamides is 1. The van der Waals surface area contributed by atoms with Crippen molar-refractivity contribution in [3.05, 3.63) is 45.6 Å². The quantitative estimate of drug-likeness (QED) is 0.719. The highest BCUT2D eigenvalue weighted by molar-refractivity contribution is 7.89. The Kier molecular flexibility index (Phi) is 6.68. The molecular weight excluding hydrogens is 414 g/mol. The molecule has 1 aromatic carbocycles. The number of rotatable bonds is 6. The van der Waals surface area contributed by atoms with Crippen LogP contribution in [0.5, 0.6) is 0 Å². The summed E-state index contributed by atoms with van der Waals surface area (Å²) >= 11 is 1.27. The van der Waals surface area contributed by atoms with E-state index in [0.717, 1.165) is 4.88 Å². The predicted molar refractivity (Wildman–Crippen MR) is 111 cm³/mol. The third-order valence-corrected chi connectivity index (χ3v) is 7.56. The van der Waals surface area contributed by atoms with Gasteiger partial charge >= 0.3 is 0 Å². The van der Waals surface area contributed by atoms with Crippen molar-refractivity contribution >= 4 is 38.9 Å². The number of thiophene rings is 1. The summed E-state index contributed by atoms with van der Waals surface area (Å²) in [6.45, 7) is 4.88. The van der Waals surface area contributed by atoms with Crippen molar-refractivity contribution in [2.75, 3.05) is 31.6 Å². The van der Waals surface area contributed by atoms with Gasteiger partial charge in [0.25, 0.3) is 5.91 Å². The van der Waals surface area contributed by atoms with Crippen LogP contribution in [0.15, 0.2) is 35.2 Å². The fourth-order valence-corrected chi connectivity index (χ4v) is 5.38. The molecule has 2 heterocycles. The molecule has 1 aromatic heterocycles. The molecule has 1 aliphatic heterocycles. The monoisotopic (exact) mass is 437 g/mol. The van der Waals surface area contributed by atoms with E-state index in [4.69, 9.17) is 4.74 Å². The zero-order valence-corrected chi connectivity index (χ0v) is 17.9. The van der Waals surface area contributed by atoms with Crippen LogP contribution in [0.4, 0.5) is 5.69 Å². The number of hydrogen-bond acceptors (Lipinski definition) is 6. The van der Waals surface area contributed by atoms with Crippen LogP contribution >= 0.6 is 11.3 Å². The Morgan fingerprint density at radius 3 is 2.59 bits per heavy atom. The lowest BCUT2D eigenvalue weighted by molar-refractivity contribution is -0.119. The van der Waals surface area contributed by atoms with Crippen LogP contribution in [0.3, 0.4) is 0 Å². The summed E-state index contributed by atoms with van der Waals surface area (Å²) in [5, 5.41) is 5.44. The Balaban J connectivity index is 1.76. The van der Waals surface area contributed by atoms with Crippen molar-refractivity contribution < 1.29 is 22.7 Å². The second-order valence-electron chi connectivity index (χ2n) is 6.63. The van der Waals surface area contributed by atoms with Crippen molar-refractivity contribution in [2.45, 2.75) is 25.3 Å². The summed E-state index contributed by atoms with van der Waals surface area (Å²) < 4.78 is 32.6. The first-order chi connectivity index (χ1) is 13.8. The smallest absolute Gasteiger partial charge is 0.265 e. The van der Waals surface area contributed by atoms with Crippen molar-refractivity contribution in [1.29, 1.82) is 0 Å². The first kappa shape index (κ1) is 21.4. The zero-order valence-electron chi connectivity index (χ0n) is 16.2. The van der Waals surface area contributed by atoms with Crippen LogP contribution in [0.1, 0.15) is 27.0 Å². The molecule has 0 aliphatic carbocycles. The number of aryl methyl sites for hydroxylation is 1. The lowest BCUT2D eigenvalue weighted by atomic mass is 10.2. The molecule has 0 bridgehead atoms. The number of nitrogens with zero attached hydrogens (tertiary/aromatic N) is 1. The van der Waals surface area contributed by atoms with Crippen LogP contribution in [0.2, 0.25) is 0 Å². The number of carbonyl (C=O) groups excluding carboxylic acids is 2. The molecule has 1 saturated heterocycles. The second-order valence-corrected chi connectivity index (χ2v) is 9.70. The van der Waals surface area contributed by atoms with E-state index >= 15 is 0 Å². The SMILES string of the molecule is CC(=O)NCc1ccc(C(=O)Nc2ccc(C)c(S(=O)(=O)N3CCOCC3)c2)s1.